The molecule has 0 saturated heterocycles. The van der Waals surface area contributed by atoms with Gasteiger partial charge in [-0.15, -0.1) is 0 Å². The van der Waals surface area contributed by atoms with E-state index in [2.05, 4.69) is 37.0 Å². The van der Waals surface area contributed by atoms with Crippen molar-refractivity contribution in [3.63, 3.8) is 0 Å². The molecule has 0 aliphatic heterocycles. The van der Waals surface area contributed by atoms with Crippen LogP contribution in [0.1, 0.15) is 11.1 Å². The topological polar surface area (TPSA) is 32.9 Å². The number of hydrogen-bond donors (Lipinski definition) is 1. The molecule has 2 aromatic rings. The van der Waals surface area contributed by atoms with E-state index >= 15 is 0 Å². The van der Waals surface area contributed by atoms with E-state index in [-0.39, 0.29) is 5.56 Å². The molecule has 0 saturated carbocycles. The Morgan fingerprint density at radius 1 is 1.07 bits per heavy atom. The molecule has 2 nitrogen and oxygen atoms in total. The molecule has 15 heavy (non-hydrogen) atoms. The van der Waals surface area contributed by atoms with E-state index in [0.717, 1.165) is 5.56 Å². The zero-order chi connectivity index (χ0) is 10.8. The highest BCUT2D eigenvalue weighted by Gasteiger charge is 2.01. The first-order valence-corrected chi connectivity index (χ1v) is 4.93. The predicted octanol–water partition coefficient (Wildman–Crippen LogP) is 2.66. The van der Waals surface area contributed by atoms with Crippen molar-refractivity contribution in [2.75, 3.05) is 0 Å². The summed E-state index contributed by atoms with van der Waals surface area (Å²) in [6.45, 7) is 4.13. The summed E-state index contributed by atoms with van der Waals surface area (Å²) in [4.78, 5) is 13.6. The van der Waals surface area contributed by atoms with Gasteiger partial charge >= 0.3 is 0 Å². The highest BCUT2D eigenvalue weighted by atomic mass is 16.1. The highest BCUT2D eigenvalue weighted by Crippen LogP contribution is 2.22. The Hall–Kier alpha value is -1.83. The predicted molar refractivity (Wildman–Crippen MR) is 62.0 cm³/mol. The number of hydrogen-bond acceptors (Lipinski definition) is 1. The van der Waals surface area contributed by atoms with Crippen LogP contribution in [0.3, 0.4) is 0 Å². The summed E-state index contributed by atoms with van der Waals surface area (Å²) in [7, 11) is 0. The summed E-state index contributed by atoms with van der Waals surface area (Å²) in [5.74, 6) is 0. The van der Waals surface area contributed by atoms with E-state index in [1.165, 1.54) is 16.7 Å². The number of benzene rings is 1. The van der Waals surface area contributed by atoms with Gasteiger partial charge in [0, 0.05) is 12.3 Å². The molecule has 0 spiro atoms. The molecule has 0 aliphatic rings. The van der Waals surface area contributed by atoms with E-state index in [4.69, 9.17) is 0 Å². The van der Waals surface area contributed by atoms with Crippen LogP contribution in [-0.2, 0) is 0 Å². The second-order valence-electron chi connectivity index (χ2n) is 3.76. The normalized spacial score (nSPS) is 10.3. The minimum absolute atomic E-state index is 0.0657. The molecular weight excluding hydrogens is 186 g/mol. The lowest BCUT2D eigenvalue weighted by Gasteiger charge is -2.06. The summed E-state index contributed by atoms with van der Waals surface area (Å²) in [5, 5.41) is 0. The Morgan fingerprint density at radius 3 is 2.53 bits per heavy atom. The van der Waals surface area contributed by atoms with Gasteiger partial charge < -0.3 is 4.98 Å². The smallest absolute Gasteiger partial charge is 0.247 e. The van der Waals surface area contributed by atoms with Gasteiger partial charge in [0.1, 0.15) is 0 Å². The molecule has 2 heteroatoms. The van der Waals surface area contributed by atoms with Crippen molar-refractivity contribution in [2.24, 2.45) is 0 Å². The van der Waals surface area contributed by atoms with Crippen LogP contribution < -0.4 is 5.56 Å². The average Bonchev–Trinajstić information content (AvgIpc) is 2.23. The number of aryl methyl sites for hydroxylation is 2. The fraction of sp³-hybridized carbons (Fsp3) is 0.154. The van der Waals surface area contributed by atoms with Crippen molar-refractivity contribution < 1.29 is 0 Å². The molecule has 1 N–H and O–H groups in total. The Morgan fingerprint density at radius 2 is 1.87 bits per heavy atom. The first-order valence-electron chi connectivity index (χ1n) is 4.93. The number of rotatable bonds is 1. The Bertz CT molecular complexity index is 520. The molecule has 2 rings (SSSR count). The zero-order valence-corrected chi connectivity index (χ0v) is 8.87. The monoisotopic (exact) mass is 199 g/mol. The number of aromatic amines is 1. The summed E-state index contributed by atoms with van der Waals surface area (Å²) in [6.07, 6.45) is 1.75. The van der Waals surface area contributed by atoms with Crippen LogP contribution in [-0.4, -0.2) is 4.98 Å². The maximum Gasteiger partial charge on any atom is 0.247 e. The van der Waals surface area contributed by atoms with Gasteiger partial charge in [0.15, 0.2) is 0 Å². The van der Waals surface area contributed by atoms with Crippen molar-refractivity contribution >= 4 is 0 Å². The number of aromatic nitrogens is 1. The van der Waals surface area contributed by atoms with Crippen molar-refractivity contribution in [1.29, 1.82) is 0 Å². The lowest BCUT2D eigenvalue weighted by Crippen LogP contribution is -2.01. The first-order chi connectivity index (χ1) is 7.16. The van der Waals surface area contributed by atoms with E-state index in [0.29, 0.717) is 0 Å². The third kappa shape index (κ3) is 1.99. The van der Waals surface area contributed by atoms with E-state index < -0.39 is 0 Å². The van der Waals surface area contributed by atoms with Crippen LogP contribution in [0.2, 0.25) is 0 Å². The maximum atomic E-state index is 10.9. The lowest BCUT2D eigenvalue weighted by atomic mass is 10.00. The maximum absolute atomic E-state index is 10.9. The first kappa shape index (κ1) is 9.71. The molecule has 0 radical (unpaired) electrons. The van der Waals surface area contributed by atoms with Crippen LogP contribution in [0.25, 0.3) is 11.1 Å². The molecule has 0 amide bonds. The second kappa shape index (κ2) is 3.73. The third-order valence-electron chi connectivity index (χ3n) is 2.49. The molecule has 1 aromatic heterocycles. The van der Waals surface area contributed by atoms with Crippen molar-refractivity contribution in [3.8, 4) is 11.1 Å². The SMILES string of the molecule is Cc1ccc(C)c(-c2ccc(=O)[nH]c2)c1. The van der Waals surface area contributed by atoms with Crippen molar-refractivity contribution in [3.05, 3.63) is 58.0 Å². The molecule has 0 aliphatic carbocycles. The third-order valence-corrected chi connectivity index (χ3v) is 2.49. The Labute approximate surface area is 88.6 Å². The summed E-state index contributed by atoms with van der Waals surface area (Å²) >= 11 is 0. The summed E-state index contributed by atoms with van der Waals surface area (Å²) in [5.41, 5.74) is 4.60. The van der Waals surface area contributed by atoms with Crippen molar-refractivity contribution in [2.45, 2.75) is 13.8 Å². The fourth-order valence-corrected chi connectivity index (χ4v) is 1.62. The van der Waals surface area contributed by atoms with Gasteiger partial charge in [-0.2, -0.15) is 0 Å². The number of H-pyrrole nitrogens is 1. The Balaban J connectivity index is 2.58. The van der Waals surface area contributed by atoms with Gasteiger partial charge in [-0.25, -0.2) is 0 Å². The van der Waals surface area contributed by atoms with Gasteiger partial charge in [-0.1, -0.05) is 23.8 Å². The average molecular weight is 199 g/mol. The lowest BCUT2D eigenvalue weighted by molar-refractivity contribution is 1.24. The molecule has 0 bridgehead atoms. The van der Waals surface area contributed by atoms with Gasteiger partial charge in [-0.05, 0) is 36.6 Å². The van der Waals surface area contributed by atoms with Gasteiger partial charge in [-0.3, -0.25) is 4.79 Å². The molecule has 0 atom stereocenters. The van der Waals surface area contributed by atoms with Crippen molar-refractivity contribution in [1.82, 2.24) is 4.98 Å². The largest absolute Gasteiger partial charge is 0.328 e. The van der Waals surface area contributed by atoms with E-state index in [9.17, 15) is 4.79 Å². The second-order valence-corrected chi connectivity index (χ2v) is 3.76. The highest BCUT2D eigenvalue weighted by molar-refractivity contribution is 5.66. The molecular formula is C13H13NO. The van der Waals surface area contributed by atoms with Crippen LogP contribution >= 0.6 is 0 Å². The quantitative estimate of drug-likeness (QED) is 0.752. The minimum Gasteiger partial charge on any atom is -0.328 e. The van der Waals surface area contributed by atoms with Gasteiger partial charge in [0.2, 0.25) is 5.56 Å². The van der Waals surface area contributed by atoms with Crippen LogP contribution in [0.5, 0.6) is 0 Å². The van der Waals surface area contributed by atoms with E-state index in [1.54, 1.807) is 12.3 Å². The molecule has 76 valence electrons. The molecule has 0 unspecified atom stereocenters. The number of pyridine rings is 1. The molecule has 1 aromatic carbocycles. The summed E-state index contributed by atoms with van der Waals surface area (Å²) < 4.78 is 0. The number of nitrogens with one attached hydrogen (secondary N) is 1. The van der Waals surface area contributed by atoms with Crippen LogP contribution in [0.15, 0.2) is 41.3 Å². The standard InChI is InChI=1S/C13H13NO/c1-9-3-4-10(2)12(7-9)11-5-6-13(15)14-8-11/h3-8H,1-2H3,(H,14,15). The van der Waals surface area contributed by atoms with Gasteiger partial charge in [0.05, 0.1) is 0 Å². The zero-order valence-electron chi connectivity index (χ0n) is 8.87. The Kier molecular flexibility index (Phi) is 2.42. The van der Waals surface area contributed by atoms with E-state index in [1.807, 2.05) is 6.07 Å². The van der Waals surface area contributed by atoms with Gasteiger partial charge in [0.25, 0.3) is 0 Å². The molecule has 1 heterocycles. The fourth-order valence-electron chi connectivity index (χ4n) is 1.62. The minimum atomic E-state index is -0.0657. The van der Waals surface area contributed by atoms with Crippen LogP contribution in [0.4, 0.5) is 0 Å². The molecule has 0 fully saturated rings. The summed E-state index contributed by atoms with van der Waals surface area (Å²) in [6, 6.07) is 9.71. The van der Waals surface area contributed by atoms with Crippen LogP contribution in [0, 0.1) is 13.8 Å².